The van der Waals surface area contributed by atoms with Crippen LogP contribution in [0.1, 0.15) is 23.1 Å². The first-order valence-corrected chi connectivity index (χ1v) is 4.31. The highest BCUT2D eigenvalue weighted by molar-refractivity contribution is 5.85. The molecule has 0 radical (unpaired) electrons. The highest BCUT2D eigenvalue weighted by Crippen LogP contribution is 2.25. The lowest BCUT2D eigenvalue weighted by atomic mass is 10.1. The van der Waals surface area contributed by atoms with Crippen LogP contribution in [0.3, 0.4) is 0 Å². The quantitative estimate of drug-likeness (QED) is 0.741. The minimum absolute atomic E-state index is 0. The smallest absolute Gasteiger partial charge is 0.126 e. The maximum Gasteiger partial charge on any atom is 0.126 e. The third-order valence-corrected chi connectivity index (χ3v) is 2.46. The van der Waals surface area contributed by atoms with Crippen molar-refractivity contribution in [1.29, 1.82) is 0 Å². The Kier molecular flexibility index (Phi) is 3.28. The molecule has 1 aliphatic rings. The monoisotopic (exact) mass is 201 g/mol. The molecule has 3 heteroatoms. The van der Waals surface area contributed by atoms with Gasteiger partial charge in [-0.2, -0.15) is 0 Å². The number of halogens is 2. The summed E-state index contributed by atoms with van der Waals surface area (Å²) in [6, 6.07) is 3.59. The Bertz CT molecular complexity index is 312. The fourth-order valence-electron chi connectivity index (χ4n) is 1.83. The van der Waals surface area contributed by atoms with Gasteiger partial charge in [0.05, 0.1) is 0 Å². The zero-order valence-corrected chi connectivity index (χ0v) is 8.16. The minimum atomic E-state index is -0.0644. The zero-order valence-electron chi connectivity index (χ0n) is 7.35. The summed E-state index contributed by atoms with van der Waals surface area (Å²) in [6.07, 6.45) is 2.99. The Morgan fingerprint density at radius 2 is 2.08 bits per heavy atom. The van der Waals surface area contributed by atoms with Crippen molar-refractivity contribution in [2.75, 3.05) is 0 Å². The summed E-state index contributed by atoms with van der Waals surface area (Å²) in [5.74, 6) is -0.0644. The van der Waals surface area contributed by atoms with Crippen molar-refractivity contribution in [3.63, 3.8) is 0 Å². The van der Waals surface area contributed by atoms with Gasteiger partial charge >= 0.3 is 0 Å². The molecule has 0 fully saturated rings. The van der Waals surface area contributed by atoms with E-state index in [1.807, 2.05) is 6.07 Å². The fraction of sp³-hybridized carbons (Fsp3) is 0.400. The van der Waals surface area contributed by atoms with Crippen LogP contribution in [-0.4, -0.2) is 0 Å². The van der Waals surface area contributed by atoms with E-state index < -0.39 is 0 Å². The Hall–Kier alpha value is -0.600. The van der Waals surface area contributed by atoms with Gasteiger partial charge in [0.15, 0.2) is 0 Å². The summed E-state index contributed by atoms with van der Waals surface area (Å²) < 4.78 is 13.3. The number of fused-ring (bicyclic) bond motifs is 1. The van der Waals surface area contributed by atoms with Crippen molar-refractivity contribution in [2.45, 2.75) is 25.8 Å². The summed E-state index contributed by atoms with van der Waals surface area (Å²) in [5, 5.41) is 0. The molecule has 0 heterocycles. The van der Waals surface area contributed by atoms with Gasteiger partial charge in [0.1, 0.15) is 5.82 Å². The van der Waals surface area contributed by atoms with E-state index in [1.165, 1.54) is 0 Å². The Morgan fingerprint density at radius 3 is 2.77 bits per heavy atom. The summed E-state index contributed by atoms with van der Waals surface area (Å²) in [4.78, 5) is 0. The van der Waals surface area contributed by atoms with Crippen molar-refractivity contribution >= 4 is 12.4 Å². The summed E-state index contributed by atoms with van der Waals surface area (Å²) in [7, 11) is 0. The number of nitrogens with two attached hydrogens (primary N) is 1. The van der Waals surface area contributed by atoms with E-state index in [-0.39, 0.29) is 18.2 Å². The molecule has 0 aliphatic heterocycles. The van der Waals surface area contributed by atoms with Crippen LogP contribution in [-0.2, 0) is 19.4 Å². The van der Waals surface area contributed by atoms with Crippen LogP contribution < -0.4 is 5.73 Å². The molecule has 0 amide bonds. The van der Waals surface area contributed by atoms with Crippen LogP contribution in [0.25, 0.3) is 0 Å². The molecule has 0 spiro atoms. The average molecular weight is 202 g/mol. The molecule has 0 saturated carbocycles. The van der Waals surface area contributed by atoms with Gasteiger partial charge in [-0.15, -0.1) is 12.4 Å². The molecule has 13 heavy (non-hydrogen) atoms. The fourth-order valence-corrected chi connectivity index (χ4v) is 1.83. The van der Waals surface area contributed by atoms with E-state index in [1.54, 1.807) is 6.07 Å². The van der Waals surface area contributed by atoms with Crippen molar-refractivity contribution in [2.24, 2.45) is 5.73 Å². The predicted molar refractivity (Wildman–Crippen MR) is 53.6 cm³/mol. The van der Waals surface area contributed by atoms with Crippen molar-refractivity contribution in [1.82, 2.24) is 0 Å². The van der Waals surface area contributed by atoms with Crippen LogP contribution in [0.5, 0.6) is 0 Å². The van der Waals surface area contributed by atoms with Gasteiger partial charge in [-0.3, -0.25) is 0 Å². The number of aryl methyl sites for hydroxylation is 1. The maximum atomic E-state index is 13.3. The molecule has 1 aromatic rings. The third-order valence-electron chi connectivity index (χ3n) is 2.46. The van der Waals surface area contributed by atoms with E-state index in [0.717, 1.165) is 36.0 Å². The standard InChI is InChI=1S/C10H12FN.ClH/c11-10-5-7(6-12)4-8-2-1-3-9(8)10;/h4-5H,1-3,6,12H2;1H. The second kappa shape index (κ2) is 4.07. The molecule has 0 aromatic heterocycles. The van der Waals surface area contributed by atoms with Gasteiger partial charge in [-0.1, -0.05) is 6.07 Å². The van der Waals surface area contributed by atoms with Gasteiger partial charge in [0.2, 0.25) is 0 Å². The summed E-state index contributed by atoms with van der Waals surface area (Å²) >= 11 is 0. The van der Waals surface area contributed by atoms with Crippen molar-refractivity contribution < 1.29 is 4.39 Å². The first kappa shape index (κ1) is 10.5. The van der Waals surface area contributed by atoms with Crippen LogP contribution in [0.4, 0.5) is 4.39 Å². The Balaban J connectivity index is 0.000000845. The minimum Gasteiger partial charge on any atom is -0.326 e. The SMILES string of the molecule is Cl.NCc1cc(F)c2c(c1)CCC2. The van der Waals surface area contributed by atoms with E-state index in [2.05, 4.69) is 0 Å². The molecule has 1 nitrogen and oxygen atoms in total. The third kappa shape index (κ3) is 1.84. The molecular weight excluding hydrogens is 189 g/mol. The van der Waals surface area contributed by atoms with E-state index in [9.17, 15) is 4.39 Å². The normalized spacial score (nSPS) is 13.7. The first-order valence-electron chi connectivity index (χ1n) is 4.31. The molecule has 0 atom stereocenters. The van der Waals surface area contributed by atoms with Gasteiger partial charge < -0.3 is 5.73 Å². The number of hydrogen-bond acceptors (Lipinski definition) is 1. The molecule has 1 aromatic carbocycles. The largest absolute Gasteiger partial charge is 0.326 e. The zero-order chi connectivity index (χ0) is 8.55. The van der Waals surface area contributed by atoms with Crippen LogP contribution in [0.2, 0.25) is 0 Å². The molecule has 0 saturated heterocycles. The Morgan fingerprint density at radius 1 is 1.31 bits per heavy atom. The molecule has 0 bridgehead atoms. The van der Waals surface area contributed by atoms with Crippen LogP contribution in [0.15, 0.2) is 12.1 Å². The van der Waals surface area contributed by atoms with Gasteiger partial charge in [0, 0.05) is 6.54 Å². The second-order valence-electron chi connectivity index (χ2n) is 3.27. The van der Waals surface area contributed by atoms with Crippen molar-refractivity contribution in [3.05, 3.63) is 34.6 Å². The number of hydrogen-bond donors (Lipinski definition) is 1. The van der Waals surface area contributed by atoms with Crippen molar-refractivity contribution in [3.8, 4) is 0 Å². The lowest BCUT2D eigenvalue weighted by Gasteiger charge is -2.03. The number of benzene rings is 1. The summed E-state index contributed by atoms with van der Waals surface area (Å²) in [5.41, 5.74) is 8.43. The average Bonchev–Trinajstić information content (AvgIpc) is 2.52. The van der Waals surface area contributed by atoms with E-state index >= 15 is 0 Å². The highest BCUT2D eigenvalue weighted by atomic mass is 35.5. The van der Waals surface area contributed by atoms with Crippen LogP contribution in [0, 0.1) is 5.82 Å². The first-order chi connectivity index (χ1) is 5.81. The number of rotatable bonds is 1. The topological polar surface area (TPSA) is 26.0 Å². The predicted octanol–water partition coefficient (Wildman–Crippen LogP) is 2.19. The van der Waals surface area contributed by atoms with Gasteiger partial charge in [-0.05, 0) is 42.0 Å². The lowest BCUT2D eigenvalue weighted by Crippen LogP contribution is -1.99. The summed E-state index contributed by atoms with van der Waals surface area (Å²) in [6.45, 7) is 0.435. The van der Waals surface area contributed by atoms with E-state index in [0.29, 0.717) is 6.54 Å². The molecule has 2 N–H and O–H groups in total. The van der Waals surface area contributed by atoms with Gasteiger partial charge in [0.25, 0.3) is 0 Å². The van der Waals surface area contributed by atoms with Gasteiger partial charge in [-0.25, -0.2) is 4.39 Å². The van der Waals surface area contributed by atoms with Crippen LogP contribution >= 0.6 is 12.4 Å². The molecule has 0 unspecified atom stereocenters. The second-order valence-corrected chi connectivity index (χ2v) is 3.27. The molecule has 72 valence electrons. The molecule has 2 rings (SSSR count). The highest BCUT2D eigenvalue weighted by Gasteiger charge is 2.15. The van der Waals surface area contributed by atoms with E-state index in [4.69, 9.17) is 5.73 Å². The maximum absolute atomic E-state index is 13.3. The Labute approximate surface area is 83.5 Å². The molecule has 1 aliphatic carbocycles. The molecular formula is C10H13ClFN. The lowest BCUT2D eigenvalue weighted by molar-refractivity contribution is 0.610.